The Bertz CT molecular complexity index is 914. The third-order valence-electron chi connectivity index (χ3n) is 4.42. The van der Waals surface area contributed by atoms with E-state index in [1.165, 1.54) is 6.07 Å². The number of nitro groups is 1. The number of rotatable bonds is 8. The van der Waals surface area contributed by atoms with Crippen molar-refractivity contribution < 1.29 is 19.6 Å². The molecule has 0 saturated heterocycles. The first-order valence-corrected chi connectivity index (χ1v) is 8.99. The molecule has 9 nitrogen and oxygen atoms in total. The fourth-order valence-electron chi connectivity index (χ4n) is 2.51. The van der Waals surface area contributed by atoms with Crippen molar-refractivity contribution >= 4 is 23.7 Å². The fourth-order valence-corrected chi connectivity index (χ4v) is 2.51. The lowest BCUT2D eigenvalue weighted by molar-refractivity contribution is -0.384. The summed E-state index contributed by atoms with van der Waals surface area (Å²) < 4.78 is 0. The SMILES string of the molecule is CCC(C)[C@H](NC(=O)c1ccccc1)C(=O)N/N=C/c1cc([N+](=O)[O-])ccc1O. The number of hydrazone groups is 1. The minimum atomic E-state index is -0.830. The highest BCUT2D eigenvalue weighted by Gasteiger charge is 2.26. The summed E-state index contributed by atoms with van der Waals surface area (Å²) in [6.07, 6.45) is 1.75. The predicted molar refractivity (Wildman–Crippen MR) is 108 cm³/mol. The predicted octanol–water partition coefficient (Wildman–Crippen LogP) is 2.60. The molecule has 2 aromatic rings. The summed E-state index contributed by atoms with van der Waals surface area (Å²) in [6.45, 7) is 3.72. The highest BCUT2D eigenvalue weighted by molar-refractivity contribution is 5.97. The Morgan fingerprint density at radius 3 is 2.55 bits per heavy atom. The molecule has 1 unspecified atom stereocenters. The fraction of sp³-hybridized carbons (Fsp3) is 0.250. The van der Waals surface area contributed by atoms with Crippen LogP contribution in [0.25, 0.3) is 0 Å². The zero-order chi connectivity index (χ0) is 21.4. The van der Waals surface area contributed by atoms with Gasteiger partial charge in [-0.1, -0.05) is 38.5 Å². The van der Waals surface area contributed by atoms with Crippen LogP contribution >= 0.6 is 0 Å². The van der Waals surface area contributed by atoms with E-state index >= 15 is 0 Å². The lowest BCUT2D eigenvalue weighted by Crippen LogP contribution is -2.49. The van der Waals surface area contributed by atoms with Crippen molar-refractivity contribution in [3.63, 3.8) is 0 Å². The summed E-state index contributed by atoms with van der Waals surface area (Å²) in [5.41, 5.74) is 2.60. The standard InChI is InChI=1S/C20H22N4O5/c1-3-13(2)18(22-19(26)14-7-5-4-6-8-14)20(27)23-21-12-15-11-16(24(28)29)9-10-17(15)25/h4-13,18,25H,3H2,1-2H3,(H,22,26)(H,23,27)/b21-12+/t13?,18-/m0/s1. The number of carbonyl (C=O) groups is 2. The van der Waals surface area contributed by atoms with Gasteiger partial charge in [0, 0.05) is 23.3 Å². The minimum Gasteiger partial charge on any atom is -0.507 e. The molecule has 29 heavy (non-hydrogen) atoms. The molecule has 9 heteroatoms. The Hall–Kier alpha value is -3.75. The van der Waals surface area contributed by atoms with Crippen molar-refractivity contribution in [1.29, 1.82) is 0 Å². The molecule has 0 spiro atoms. The van der Waals surface area contributed by atoms with Gasteiger partial charge >= 0.3 is 0 Å². The smallest absolute Gasteiger partial charge is 0.270 e. The largest absolute Gasteiger partial charge is 0.507 e. The van der Waals surface area contributed by atoms with E-state index in [4.69, 9.17) is 0 Å². The van der Waals surface area contributed by atoms with Gasteiger partial charge in [0.2, 0.25) is 0 Å². The van der Waals surface area contributed by atoms with Gasteiger partial charge in [0.25, 0.3) is 17.5 Å². The van der Waals surface area contributed by atoms with E-state index in [0.717, 1.165) is 18.3 Å². The van der Waals surface area contributed by atoms with Crippen molar-refractivity contribution in [2.24, 2.45) is 11.0 Å². The Balaban J connectivity index is 2.10. The molecule has 0 aromatic heterocycles. The van der Waals surface area contributed by atoms with Crippen LogP contribution in [0.4, 0.5) is 5.69 Å². The lowest BCUT2D eigenvalue weighted by Gasteiger charge is -2.22. The molecule has 0 aliphatic heterocycles. The van der Waals surface area contributed by atoms with Crippen LogP contribution in [0.15, 0.2) is 53.6 Å². The molecule has 2 rings (SSSR count). The maximum atomic E-state index is 12.6. The normalized spacial score (nSPS) is 12.9. The molecule has 0 heterocycles. The lowest BCUT2D eigenvalue weighted by atomic mass is 9.98. The van der Waals surface area contributed by atoms with Crippen LogP contribution in [-0.4, -0.2) is 34.1 Å². The number of nitro benzene ring substituents is 1. The maximum Gasteiger partial charge on any atom is 0.270 e. The van der Waals surface area contributed by atoms with Crippen LogP contribution in [0.3, 0.4) is 0 Å². The maximum absolute atomic E-state index is 12.6. The Morgan fingerprint density at radius 1 is 1.24 bits per heavy atom. The van der Waals surface area contributed by atoms with Gasteiger partial charge in [-0.25, -0.2) is 5.43 Å². The van der Waals surface area contributed by atoms with Crippen molar-refractivity contribution in [2.45, 2.75) is 26.3 Å². The first-order valence-electron chi connectivity index (χ1n) is 8.99. The Labute approximate surface area is 167 Å². The molecule has 2 atom stereocenters. The van der Waals surface area contributed by atoms with Crippen LogP contribution in [-0.2, 0) is 4.79 Å². The van der Waals surface area contributed by atoms with E-state index in [1.54, 1.807) is 30.3 Å². The Kier molecular flexibility index (Phi) is 7.41. The number of amides is 2. The molecule has 0 radical (unpaired) electrons. The number of benzene rings is 2. The molecule has 2 amide bonds. The molecule has 0 saturated carbocycles. The van der Waals surface area contributed by atoms with Crippen LogP contribution in [0.1, 0.15) is 36.2 Å². The molecular weight excluding hydrogens is 376 g/mol. The van der Waals surface area contributed by atoms with Crippen molar-refractivity contribution in [1.82, 2.24) is 10.7 Å². The summed E-state index contributed by atoms with van der Waals surface area (Å²) in [7, 11) is 0. The first kappa shape index (κ1) is 21.5. The van der Waals surface area contributed by atoms with E-state index in [-0.39, 0.29) is 28.8 Å². The van der Waals surface area contributed by atoms with E-state index < -0.39 is 16.9 Å². The van der Waals surface area contributed by atoms with E-state index in [1.807, 2.05) is 13.8 Å². The molecule has 0 aliphatic carbocycles. The summed E-state index contributed by atoms with van der Waals surface area (Å²) >= 11 is 0. The minimum absolute atomic E-state index is 0.0768. The second-order valence-corrected chi connectivity index (χ2v) is 6.44. The van der Waals surface area contributed by atoms with Crippen LogP contribution < -0.4 is 10.7 Å². The number of carbonyl (C=O) groups excluding carboxylic acids is 2. The monoisotopic (exact) mass is 398 g/mol. The zero-order valence-corrected chi connectivity index (χ0v) is 16.0. The second-order valence-electron chi connectivity index (χ2n) is 6.44. The molecule has 2 aromatic carbocycles. The summed E-state index contributed by atoms with van der Waals surface area (Å²) in [5.74, 6) is -1.30. The van der Waals surface area contributed by atoms with Gasteiger partial charge in [0.1, 0.15) is 11.8 Å². The summed E-state index contributed by atoms with van der Waals surface area (Å²) in [6, 6.07) is 11.2. The van der Waals surface area contributed by atoms with Gasteiger partial charge in [-0.15, -0.1) is 0 Å². The average molecular weight is 398 g/mol. The average Bonchev–Trinajstić information content (AvgIpc) is 2.72. The number of nitrogens with one attached hydrogen (secondary N) is 2. The quantitative estimate of drug-likeness (QED) is 0.357. The van der Waals surface area contributed by atoms with Crippen LogP contribution in [0.2, 0.25) is 0 Å². The van der Waals surface area contributed by atoms with Gasteiger partial charge in [-0.2, -0.15) is 5.10 Å². The number of phenols is 1. The van der Waals surface area contributed by atoms with Gasteiger partial charge in [0.05, 0.1) is 11.1 Å². The van der Waals surface area contributed by atoms with Gasteiger partial charge < -0.3 is 10.4 Å². The third kappa shape index (κ3) is 5.86. The number of hydrogen-bond donors (Lipinski definition) is 3. The summed E-state index contributed by atoms with van der Waals surface area (Å²) in [4.78, 5) is 35.2. The highest BCUT2D eigenvalue weighted by atomic mass is 16.6. The van der Waals surface area contributed by atoms with Gasteiger partial charge in [-0.05, 0) is 24.1 Å². The van der Waals surface area contributed by atoms with Gasteiger partial charge in [-0.3, -0.25) is 19.7 Å². The summed E-state index contributed by atoms with van der Waals surface area (Å²) in [5, 5.41) is 27.1. The first-order chi connectivity index (χ1) is 13.8. The molecule has 0 aliphatic rings. The third-order valence-corrected chi connectivity index (χ3v) is 4.42. The Morgan fingerprint density at radius 2 is 1.93 bits per heavy atom. The highest BCUT2D eigenvalue weighted by Crippen LogP contribution is 2.21. The van der Waals surface area contributed by atoms with Crippen LogP contribution in [0.5, 0.6) is 5.75 Å². The van der Waals surface area contributed by atoms with Crippen molar-refractivity contribution in [2.75, 3.05) is 0 Å². The number of nitrogens with zero attached hydrogens (tertiary/aromatic N) is 2. The molecule has 0 fully saturated rings. The topological polar surface area (TPSA) is 134 Å². The van der Waals surface area contributed by atoms with Crippen LogP contribution in [0, 0.1) is 16.0 Å². The van der Waals surface area contributed by atoms with Crippen molar-refractivity contribution in [3.8, 4) is 5.75 Å². The molecule has 152 valence electrons. The number of phenolic OH excluding ortho intramolecular Hbond substituents is 1. The number of non-ortho nitro benzene ring substituents is 1. The molecule has 0 bridgehead atoms. The van der Waals surface area contributed by atoms with Gasteiger partial charge in [0.15, 0.2) is 0 Å². The number of hydrogen-bond acceptors (Lipinski definition) is 6. The van der Waals surface area contributed by atoms with Crippen molar-refractivity contribution in [3.05, 3.63) is 69.8 Å². The molecule has 3 N–H and O–H groups in total. The van der Waals surface area contributed by atoms with E-state index in [0.29, 0.717) is 12.0 Å². The zero-order valence-electron chi connectivity index (χ0n) is 16.0. The second kappa shape index (κ2) is 9.98. The number of aromatic hydroxyl groups is 1. The molecular formula is C20H22N4O5. The van der Waals surface area contributed by atoms with E-state index in [2.05, 4.69) is 15.8 Å². The van der Waals surface area contributed by atoms with E-state index in [9.17, 15) is 24.8 Å².